The molecule has 0 heterocycles. The predicted molar refractivity (Wildman–Crippen MR) is 109 cm³/mol. The van der Waals surface area contributed by atoms with E-state index in [2.05, 4.69) is 0 Å². The average molecular weight is 418 g/mol. The van der Waals surface area contributed by atoms with Crippen LogP contribution in [0.15, 0.2) is 42.5 Å². The summed E-state index contributed by atoms with van der Waals surface area (Å²) in [5.41, 5.74) is 1.40. The number of aliphatic hydroxyl groups is 1. The molecular formula is C22H24ClNO5. The fourth-order valence-electron chi connectivity index (χ4n) is 2.60. The van der Waals surface area contributed by atoms with Crippen LogP contribution in [0.5, 0.6) is 11.5 Å². The number of rotatable bonds is 10. The molecule has 154 valence electrons. The van der Waals surface area contributed by atoms with Crippen LogP contribution in [-0.2, 0) is 9.53 Å². The minimum atomic E-state index is -0.243. The van der Waals surface area contributed by atoms with E-state index in [9.17, 15) is 9.90 Å². The number of carbonyl (C=O) groups is 1. The molecule has 2 rings (SSSR count). The van der Waals surface area contributed by atoms with Crippen molar-refractivity contribution < 1.29 is 24.1 Å². The molecule has 0 saturated heterocycles. The molecule has 0 aliphatic carbocycles. The van der Waals surface area contributed by atoms with E-state index in [1.165, 1.54) is 7.11 Å². The molecule has 0 amide bonds. The number of carbonyl (C=O) groups excluding carboxylic acids is 1. The maximum atomic E-state index is 11.4. The molecule has 0 aromatic heterocycles. The summed E-state index contributed by atoms with van der Waals surface area (Å²) in [5, 5.41) is 18.8. The van der Waals surface area contributed by atoms with Gasteiger partial charge in [-0.25, -0.2) is 0 Å². The van der Waals surface area contributed by atoms with Gasteiger partial charge in [-0.3, -0.25) is 4.79 Å². The second-order valence-corrected chi connectivity index (χ2v) is 7.08. The van der Waals surface area contributed by atoms with Gasteiger partial charge in [0.2, 0.25) is 0 Å². The Kier molecular flexibility index (Phi) is 8.78. The summed E-state index contributed by atoms with van der Waals surface area (Å²) in [6.45, 7) is 2.38. The second kappa shape index (κ2) is 11.3. The average Bonchev–Trinajstić information content (AvgIpc) is 2.74. The van der Waals surface area contributed by atoms with Gasteiger partial charge in [-0.05, 0) is 35.7 Å². The van der Waals surface area contributed by atoms with Crippen molar-refractivity contribution in [3.05, 3.63) is 58.6 Å². The van der Waals surface area contributed by atoms with Crippen LogP contribution >= 0.6 is 11.6 Å². The summed E-state index contributed by atoms with van der Waals surface area (Å²) in [4.78, 5) is 11.4. The summed E-state index contributed by atoms with van der Waals surface area (Å²) in [6, 6.07) is 14.3. The Morgan fingerprint density at radius 2 is 1.76 bits per heavy atom. The van der Waals surface area contributed by atoms with E-state index >= 15 is 0 Å². The van der Waals surface area contributed by atoms with Gasteiger partial charge in [0.15, 0.2) is 0 Å². The number of esters is 1. The van der Waals surface area contributed by atoms with Crippen LogP contribution in [0.4, 0.5) is 0 Å². The van der Waals surface area contributed by atoms with Gasteiger partial charge >= 0.3 is 5.97 Å². The molecule has 0 aliphatic rings. The molecule has 2 unspecified atom stereocenters. The highest BCUT2D eigenvalue weighted by molar-refractivity contribution is 6.31. The first-order valence-electron chi connectivity index (χ1n) is 9.19. The monoisotopic (exact) mass is 417 g/mol. The lowest BCUT2D eigenvalue weighted by Gasteiger charge is -2.17. The predicted octanol–water partition coefficient (Wildman–Crippen LogP) is 3.94. The van der Waals surface area contributed by atoms with Crippen molar-refractivity contribution in [3.8, 4) is 17.6 Å². The van der Waals surface area contributed by atoms with E-state index in [1.807, 2.05) is 37.3 Å². The third-order valence-corrected chi connectivity index (χ3v) is 4.75. The van der Waals surface area contributed by atoms with Gasteiger partial charge < -0.3 is 19.3 Å². The molecule has 0 spiro atoms. The lowest BCUT2D eigenvalue weighted by molar-refractivity contribution is -0.140. The number of hydrogen-bond acceptors (Lipinski definition) is 6. The Morgan fingerprint density at radius 1 is 1.14 bits per heavy atom. The van der Waals surface area contributed by atoms with E-state index in [0.717, 1.165) is 5.56 Å². The number of ether oxygens (including phenoxy) is 3. The van der Waals surface area contributed by atoms with E-state index in [0.29, 0.717) is 28.5 Å². The zero-order chi connectivity index (χ0) is 21.2. The Balaban J connectivity index is 1.85. The summed E-state index contributed by atoms with van der Waals surface area (Å²) in [6.07, 6.45) is 0.319. The van der Waals surface area contributed by atoms with Gasteiger partial charge in [0.05, 0.1) is 49.9 Å². The van der Waals surface area contributed by atoms with Gasteiger partial charge in [0, 0.05) is 6.07 Å². The fraction of sp³-hybridized carbons (Fsp3) is 0.364. The first-order chi connectivity index (χ1) is 14.0. The topological polar surface area (TPSA) is 88.8 Å². The zero-order valence-electron chi connectivity index (χ0n) is 16.4. The Hall–Kier alpha value is -2.75. The van der Waals surface area contributed by atoms with Crippen LogP contribution in [0.25, 0.3) is 0 Å². The van der Waals surface area contributed by atoms with Crippen LogP contribution in [0.1, 0.15) is 30.4 Å². The van der Waals surface area contributed by atoms with E-state index < -0.39 is 0 Å². The third-order valence-electron chi connectivity index (χ3n) is 4.44. The van der Waals surface area contributed by atoms with Crippen molar-refractivity contribution in [3.63, 3.8) is 0 Å². The Morgan fingerprint density at radius 3 is 2.31 bits per heavy atom. The molecule has 0 radical (unpaired) electrons. The molecule has 2 aromatic rings. The Bertz CT molecular complexity index is 847. The van der Waals surface area contributed by atoms with Crippen LogP contribution < -0.4 is 9.47 Å². The fourth-order valence-corrected chi connectivity index (χ4v) is 2.81. The number of halogens is 1. The molecule has 29 heavy (non-hydrogen) atoms. The first-order valence-corrected chi connectivity index (χ1v) is 9.57. The van der Waals surface area contributed by atoms with Crippen molar-refractivity contribution in [1.29, 1.82) is 5.26 Å². The summed E-state index contributed by atoms with van der Waals surface area (Å²) < 4.78 is 16.1. The van der Waals surface area contributed by atoms with Crippen molar-refractivity contribution in [1.82, 2.24) is 0 Å². The summed E-state index contributed by atoms with van der Waals surface area (Å²) in [5.74, 6) is 0.763. The normalized spacial score (nSPS) is 12.5. The highest BCUT2D eigenvalue weighted by Crippen LogP contribution is 2.24. The number of aliphatic hydroxyl groups excluding tert-OH is 1. The molecule has 2 atom stereocenters. The minimum absolute atomic E-state index is 0.0503. The molecular weight excluding hydrogens is 394 g/mol. The molecule has 0 bridgehead atoms. The molecule has 6 nitrogen and oxygen atoms in total. The van der Waals surface area contributed by atoms with Crippen LogP contribution in [0, 0.1) is 17.2 Å². The maximum absolute atomic E-state index is 11.4. The molecule has 0 aliphatic heterocycles. The van der Waals surface area contributed by atoms with Crippen molar-refractivity contribution in [2.75, 3.05) is 26.9 Å². The van der Waals surface area contributed by atoms with Crippen molar-refractivity contribution >= 4 is 17.6 Å². The van der Waals surface area contributed by atoms with E-state index in [1.54, 1.807) is 18.2 Å². The summed E-state index contributed by atoms with van der Waals surface area (Å²) in [7, 11) is 1.38. The van der Waals surface area contributed by atoms with Gasteiger partial charge in [-0.15, -0.1) is 0 Å². The smallest absolute Gasteiger partial charge is 0.306 e. The Labute approximate surface area is 175 Å². The number of nitriles is 1. The van der Waals surface area contributed by atoms with Gasteiger partial charge in [0.1, 0.15) is 17.6 Å². The minimum Gasteiger partial charge on any atom is -0.493 e. The SMILES string of the molecule is COC(=O)CC(C)c1ccc(OCC(CO)COc2ccc(C#N)c(Cl)c2)cc1. The molecule has 2 aromatic carbocycles. The number of benzene rings is 2. The van der Waals surface area contributed by atoms with Gasteiger partial charge in [0.25, 0.3) is 0 Å². The molecule has 0 saturated carbocycles. The molecule has 1 N–H and O–H groups in total. The third kappa shape index (κ3) is 6.97. The van der Waals surface area contributed by atoms with Crippen LogP contribution in [0.3, 0.4) is 0 Å². The first kappa shape index (κ1) is 22.5. The van der Waals surface area contributed by atoms with E-state index in [-0.39, 0.29) is 37.6 Å². The van der Waals surface area contributed by atoms with Crippen molar-refractivity contribution in [2.24, 2.45) is 5.92 Å². The van der Waals surface area contributed by atoms with Gasteiger partial charge in [-0.1, -0.05) is 30.7 Å². The number of hydrogen-bond donors (Lipinski definition) is 1. The molecule has 7 heteroatoms. The molecule has 0 fully saturated rings. The zero-order valence-corrected chi connectivity index (χ0v) is 17.2. The highest BCUT2D eigenvalue weighted by Gasteiger charge is 2.13. The second-order valence-electron chi connectivity index (χ2n) is 6.67. The number of nitrogens with zero attached hydrogens (tertiary/aromatic N) is 1. The van der Waals surface area contributed by atoms with Crippen LogP contribution in [-0.4, -0.2) is 38.0 Å². The maximum Gasteiger partial charge on any atom is 0.306 e. The summed E-state index contributed by atoms with van der Waals surface area (Å²) >= 11 is 5.99. The van der Waals surface area contributed by atoms with Crippen molar-refractivity contribution in [2.45, 2.75) is 19.3 Å². The van der Waals surface area contributed by atoms with Gasteiger partial charge in [-0.2, -0.15) is 5.26 Å². The lowest BCUT2D eigenvalue weighted by Crippen LogP contribution is -2.23. The lowest BCUT2D eigenvalue weighted by atomic mass is 9.98. The van der Waals surface area contributed by atoms with E-state index in [4.69, 9.17) is 31.1 Å². The standard InChI is InChI=1S/C22H24ClNO5/c1-15(9-22(26)27-2)17-3-6-19(7-4-17)28-13-16(12-25)14-29-20-8-5-18(11-24)21(23)10-20/h3-8,10,15-16,25H,9,12-14H2,1-2H3. The quantitative estimate of drug-likeness (QED) is 0.589. The largest absolute Gasteiger partial charge is 0.493 e. The number of methoxy groups -OCH3 is 1. The highest BCUT2D eigenvalue weighted by atomic mass is 35.5. The van der Waals surface area contributed by atoms with Crippen LogP contribution in [0.2, 0.25) is 5.02 Å².